The fourth-order valence-electron chi connectivity index (χ4n) is 3.48. The summed E-state index contributed by atoms with van der Waals surface area (Å²) in [7, 11) is -4.02. The number of hydrazone groups is 1. The molecule has 9 heteroatoms. The quantitative estimate of drug-likeness (QED) is 0.311. The highest BCUT2D eigenvalue weighted by atomic mass is 35.5. The van der Waals surface area contributed by atoms with Crippen LogP contribution in [0.1, 0.15) is 25.0 Å². The van der Waals surface area contributed by atoms with Gasteiger partial charge in [-0.1, -0.05) is 48.0 Å². The lowest BCUT2D eigenvalue weighted by Gasteiger charge is -2.24. The van der Waals surface area contributed by atoms with Crippen LogP contribution >= 0.6 is 11.6 Å². The summed E-state index contributed by atoms with van der Waals surface area (Å²) in [6.45, 7) is 7.37. The summed E-state index contributed by atoms with van der Waals surface area (Å²) >= 11 is 6.24. The van der Waals surface area contributed by atoms with Crippen molar-refractivity contribution in [3.05, 3.63) is 88.9 Å². The molecule has 0 aliphatic carbocycles. The van der Waals surface area contributed by atoms with Crippen LogP contribution in [0.4, 0.5) is 11.4 Å². The third-order valence-corrected chi connectivity index (χ3v) is 7.68. The van der Waals surface area contributed by atoms with E-state index >= 15 is 0 Å². The minimum Gasteiger partial charge on any atom is -0.372 e. The van der Waals surface area contributed by atoms with E-state index in [1.165, 1.54) is 24.4 Å². The number of aryl methyl sites for hydroxylation is 1. The highest BCUT2D eigenvalue weighted by Gasteiger charge is 2.27. The number of nitrogens with zero attached hydrogens (tertiary/aromatic N) is 3. The van der Waals surface area contributed by atoms with Crippen molar-refractivity contribution < 1.29 is 13.2 Å². The van der Waals surface area contributed by atoms with Crippen molar-refractivity contribution in [1.29, 1.82) is 0 Å². The van der Waals surface area contributed by atoms with Gasteiger partial charge >= 0.3 is 0 Å². The van der Waals surface area contributed by atoms with Crippen molar-refractivity contribution in [1.82, 2.24) is 5.43 Å². The molecule has 0 aliphatic heterocycles. The fraction of sp³-hybridized carbons (Fsp3) is 0.231. The fourth-order valence-corrected chi connectivity index (χ4v) is 5.08. The highest BCUT2D eigenvalue weighted by Crippen LogP contribution is 2.28. The molecule has 3 aromatic carbocycles. The first kappa shape index (κ1) is 26.2. The number of benzene rings is 3. The lowest BCUT2D eigenvalue weighted by Crippen LogP contribution is -2.39. The molecule has 0 spiro atoms. The van der Waals surface area contributed by atoms with Gasteiger partial charge in [0.1, 0.15) is 6.54 Å². The minimum atomic E-state index is -4.02. The Bertz CT molecular complexity index is 1280. The van der Waals surface area contributed by atoms with Crippen LogP contribution in [0.25, 0.3) is 0 Å². The first-order valence-corrected chi connectivity index (χ1v) is 13.1. The SMILES string of the molecule is CCN(CC)c1ccc(/C=N/NC(=O)CN(c2ccc(C)c(Cl)c2)S(=O)(=O)c2ccccc2)cc1. The third kappa shape index (κ3) is 6.61. The molecular weight excluding hydrogens is 484 g/mol. The van der Waals surface area contributed by atoms with Gasteiger partial charge in [0.25, 0.3) is 15.9 Å². The minimum absolute atomic E-state index is 0.0706. The van der Waals surface area contributed by atoms with E-state index in [1.54, 1.807) is 30.3 Å². The van der Waals surface area contributed by atoms with Crippen LogP contribution in [-0.2, 0) is 14.8 Å². The Kier molecular flexibility index (Phi) is 8.89. The van der Waals surface area contributed by atoms with E-state index in [-0.39, 0.29) is 10.6 Å². The molecule has 35 heavy (non-hydrogen) atoms. The molecule has 0 saturated carbocycles. The van der Waals surface area contributed by atoms with Gasteiger partial charge in [0.15, 0.2) is 0 Å². The smallest absolute Gasteiger partial charge is 0.264 e. The van der Waals surface area contributed by atoms with Crippen molar-refractivity contribution in [2.45, 2.75) is 25.7 Å². The first-order chi connectivity index (χ1) is 16.8. The standard InChI is InChI=1S/C26H29ClN4O3S/c1-4-30(5-2)22-15-12-21(13-16-22)18-28-29-26(32)19-31(23-14-11-20(3)25(27)17-23)35(33,34)24-9-7-6-8-10-24/h6-18H,4-5,19H2,1-3H3,(H,29,32)/b28-18+. The molecule has 0 radical (unpaired) electrons. The van der Waals surface area contributed by atoms with Gasteiger partial charge in [-0.05, 0) is 68.3 Å². The predicted octanol–water partition coefficient (Wildman–Crippen LogP) is 4.84. The van der Waals surface area contributed by atoms with E-state index in [9.17, 15) is 13.2 Å². The van der Waals surface area contributed by atoms with Crippen LogP contribution in [-0.4, -0.2) is 40.2 Å². The largest absolute Gasteiger partial charge is 0.372 e. The number of carbonyl (C=O) groups is 1. The van der Waals surface area contributed by atoms with Crippen LogP contribution in [0, 0.1) is 6.92 Å². The van der Waals surface area contributed by atoms with Gasteiger partial charge in [0, 0.05) is 23.8 Å². The second-order valence-corrected chi connectivity index (χ2v) is 10.1. The zero-order valence-corrected chi connectivity index (χ0v) is 21.6. The van der Waals surface area contributed by atoms with E-state index in [1.807, 2.05) is 31.2 Å². The van der Waals surface area contributed by atoms with Crippen molar-refractivity contribution in [3.63, 3.8) is 0 Å². The summed E-state index contributed by atoms with van der Waals surface area (Å²) in [5.41, 5.74) is 5.42. The summed E-state index contributed by atoms with van der Waals surface area (Å²) in [5.74, 6) is -0.586. The second-order valence-electron chi connectivity index (χ2n) is 7.82. The molecule has 3 aromatic rings. The number of halogens is 1. The molecule has 0 saturated heterocycles. The molecule has 0 atom stereocenters. The number of sulfonamides is 1. The molecule has 0 aromatic heterocycles. The summed E-state index contributed by atoms with van der Waals surface area (Å²) in [5, 5.41) is 4.41. The van der Waals surface area contributed by atoms with Gasteiger partial charge in [-0.2, -0.15) is 5.10 Å². The monoisotopic (exact) mass is 512 g/mol. The summed E-state index contributed by atoms with van der Waals surface area (Å²) in [6.07, 6.45) is 1.52. The van der Waals surface area contributed by atoms with Crippen LogP contribution in [0.3, 0.4) is 0 Å². The Morgan fingerprint density at radius 2 is 1.60 bits per heavy atom. The maximum Gasteiger partial charge on any atom is 0.264 e. The van der Waals surface area contributed by atoms with Crippen molar-refractivity contribution in [2.75, 3.05) is 28.8 Å². The lowest BCUT2D eigenvalue weighted by molar-refractivity contribution is -0.119. The van der Waals surface area contributed by atoms with E-state index in [0.717, 1.165) is 34.2 Å². The van der Waals surface area contributed by atoms with Crippen molar-refractivity contribution in [3.8, 4) is 0 Å². The Morgan fingerprint density at radius 1 is 0.971 bits per heavy atom. The summed E-state index contributed by atoms with van der Waals surface area (Å²) in [4.78, 5) is 15.0. The molecule has 0 heterocycles. The summed E-state index contributed by atoms with van der Waals surface area (Å²) < 4.78 is 27.7. The highest BCUT2D eigenvalue weighted by molar-refractivity contribution is 7.92. The zero-order valence-electron chi connectivity index (χ0n) is 20.0. The molecule has 0 unspecified atom stereocenters. The van der Waals surface area contributed by atoms with E-state index in [4.69, 9.17) is 11.6 Å². The average Bonchev–Trinajstić information content (AvgIpc) is 2.86. The number of hydrogen-bond acceptors (Lipinski definition) is 5. The van der Waals surface area contributed by atoms with Crippen molar-refractivity contribution >= 4 is 45.1 Å². The third-order valence-electron chi connectivity index (χ3n) is 5.49. The van der Waals surface area contributed by atoms with E-state index in [0.29, 0.717) is 5.02 Å². The predicted molar refractivity (Wildman–Crippen MR) is 143 cm³/mol. The van der Waals surface area contributed by atoms with Gasteiger partial charge in [0.05, 0.1) is 16.8 Å². The molecular formula is C26H29ClN4O3S. The topological polar surface area (TPSA) is 82.1 Å². The van der Waals surface area contributed by atoms with Crippen molar-refractivity contribution in [2.24, 2.45) is 5.10 Å². The normalized spacial score (nSPS) is 11.4. The van der Waals surface area contributed by atoms with Gasteiger partial charge in [-0.15, -0.1) is 0 Å². The van der Waals surface area contributed by atoms with E-state index in [2.05, 4.69) is 29.3 Å². The lowest BCUT2D eigenvalue weighted by atomic mass is 10.2. The van der Waals surface area contributed by atoms with Crippen LogP contribution in [0.5, 0.6) is 0 Å². The number of carbonyl (C=O) groups excluding carboxylic acids is 1. The number of amides is 1. The van der Waals surface area contributed by atoms with Gasteiger partial charge in [-0.25, -0.2) is 13.8 Å². The Labute approximate surface area is 212 Å². The molecule has 1 N–H and O–H groups in total. The maximum absolute atomic E-state index is 13.4. The molecule has 184 valence electrons. The number of rotatable bonds is 10. The Balaban J connectivity index is 1.77. The molecule has 1 amide bonds. The van der Waals surface area contributed by atoms with E-state index < -0.39 is 22.5 Å². The van der Waals surface area contributed by atoms with Gasteiger partial charge < -0.3 is 4.90 Å². The Hall–Kier alpha value is -3.36. The zero-order chi connectivity index (χ0) is 25.4. The number of hydrogen-bond donors (Lipinski definition) is 1. The average molecular weight is 513 g/mol. The second kappa shape index (κ2) is 11.9. The first-order valence-electron chi connectivity index (χ1n) is 11.3. The van der Waals surface area contributed by atoms with Gasteiger partial charge in [-0.3, -0.25) is 9.10 Å². The number of nitrogens with one attached hydrogen (secondary N) is 1. The molecule has 0 aliphatic rings. The maximum atomic E-state index is 13.4. The Morgan fingerprint density at radius 3 is 2.20 bits per heavy atom. The van der Waals surface area contributed by atoms with Crippen LogP contribution < -0.4 is 14.6 Å². The summed E-state index contributed by atoms with van der Waals surface area (Å²) in [6, 6.07) is 20.6. The van der Waals surface area contributed by atoms with Gasteiger partial charge in [0.2, 0.25) is 0 Å². The van der Waals surface area contributed by atoms with Crippen LogP contribution in [0.15, 0.2) is 82.8 Å². The molecule has 0 bridgehead atoms. The molecule has 3 rings (SSSR count). The van der Waals surface area contributed by atoms with Crippen LogP contribution in [0.2, 0.25) is 5.02 Å². The molecule has 7 nitrogen and oxygen atoms in total. The number of anilines is 2. The molecule has 0 fully saturated rings.